The van der Waals surface area contributed by atoms with Crippen LogP contribution in [0.1, 0.15) is 21.5 Å². The molecule has 0 saturated carbocycles. The first-order chi connectivity index (χ1) is 15.1. The van der Waals surface area contributed by atoms with Crippen LogP contribution in [0.4, 0.5) is 17.1 Å². The van der Waals surface area contributed by atoms with Crippen LogP contribution in [0.25, 0.3) is 0 Å². The number of aryl methyl sites for hydroxylation is 2. The molecule has 3 aromatic rings. The maximum absolute atomic E-state index is 12.8. The van der Waals surface area contributed by atoms with Crippen molar-refractivity contribution in [1.29, 1.82) is 0 Å². The molecule has 3 aromatic carbocycles. The molecule has 9 nitrogen and oxygen atoms in total. The topological polar surface area (TPSA) is 128 Å². The minimum absolute atomic E-state index is 0.0711. The molecule has 166 valence electrons. The van der Waals surface area contributed by atoms with Gasteiger partial charge in [0.1, 0.15) is 5.75 Å². The summed E-state index contributed by atoms with van der Waals surface area (Å²) in [5.74, 6) is -0.255. The van der Waals surface area contributed by atoms with Gasteiger partial charge in [0.25, 0.3) is 21.6 Å². The summed E-state index contributed by atoms with van der Waals surface area (Å²) >= 11 is 0. The third-order valence-corrected chi connectivity index (χ3v) is 6.21. The Balaban J connectivity index is 1.80. The number of anilines is 2. The van der Waals surface area contributed by atoms with Crippen LogP contribution in [0.3, 0.4) is 0 Å². The van der Waals surface area contributed by atoms with Crippen LogP contribution in [-0.2, 0) is 10.0 Å². The number of methoxy groups -OCH3 is 1. The number of hydrogen-bond acceptors (Lipinski definition) is 6. The molecule has 10 heteroatoms. The molecule has 1 amide bonds. The molecule has 0 aromatic heterocycles. The maximum atomic E-state index is 12.8. The Labute approximate surface area is 185 Å². The molecular weight excluding hydrogens is 434 g/mol. The summed E-state index contributed by atoms with van der Waals surface area (Å²) < 4.78 is 32.9. The van der Waals surface area contributed by atoms with E-state index in [1.54, 1.807) is 6.07 Å². The predicted molar refractivity (Wildman–Crippen MR) is 121 cm³/mol. The second-order valence-corrected chi connectivity index (χ2v) is 8.71. The Morgan fingerprint density at radius 1 is 0.969 bits per heavy atom. The van der Waals surface area contributed by atoms with E-state index in [0.717, 1.165) is 17.2 Å². The lowest BCUT2D eigenvalue weighted by Crippen LogP contribution is -2.15. The number of nitrogens with zero attached hydrogens (tertiary/aromatic N) is 1. The number of benzene rings is 3. The van der Waals surface area contributed by atoms with E-state index in [9.17, 15) is 23.3 Å². The zero-order valence-electron chi connectivity index (χ0n) is 17.6. The number of nitrogens with one attached hydrogen (secondary N) is 2. The minimum Gasteiger partial charge on any atom is -0.495 e. The van der Waals surface area contributed by atoms with Crippen LogP contribution < -0.4 is 14.8 Å². The monoisotopic (exact) mass is 455 g/mol. The summed E-state index contributed by atoms with van der Waals surface area (Å²) in [6.07, 6.45) is 0. The number of amides is 1. The second kappa shape index (κ2) is 9.06. The van der Waals surface area contributed by atoms with E-state index in [1.165, 1.54) is 43.5 Å². The fourth-order valence-electron chi connectivity index (χ4n) is 2.90. The Kier molecular flexibility index (Phi) is 6.45. The molecule has 0 saturated heterocycles. The van der Waals surface area contributed by atoms with Crippen LogP contribution in [0.15, 0.2) is 65.6 Å². The lowest BCUT2D eigenvalue weighted by atomic mass is 10.1. The fourth-order valence-corrected chi connectivity index (χ4v) is 3.96. The number of hydrogen-bond donors (Lipinski definition) is 2. The molecule has 0 unspecified atom stereocenters. The summed E-state index contributed by atoms with van der Waals surface area (Å²) in [5.41, 5.74) is 2.68. The maximum Gasteiger partial charge on any atom is 0.271 e. The molecule has 32 heavy (non-hydrogen) atoms. The van der Waals surface area contributed by atoms with Crippen molar-refractivity contribution >= 4 is 33.0 Å². The van der Waals surface area contributed by atoms with Gasteiger partial charge in [0.15, 0.2) is 0 Å². The highest BCUT2D eigenvalue weighted by Crippen LogP contribution is 2.31. The molecule has 0 radical (unpaired) electrons. The number of nitro groups is 1. The first-order valence-electron chi connectivity index (χ1n) is 9.44. The number of ether oxygens (including phenoxy) is 1. The van der Waals surface area contributed by atoms with Gasteiger partial charge in [-0.15, -0.1) is 0 Å². The van der Waals surface area contributed by atoms with Crippen molar-refractivity contribution in [3.63, 3.8) is 0 Å². The van der Waals surface area contributed by atoms with Gasteiger partial charge in [-0.1, -0.05) is 6.07 Å². The van der Waals surface area contributed by atoms with Crippen LogP contribution in [-0.4, -0.2) is 26.4 Å². The summed E-state index contributed by atoms with van der Waals surface area (Å²) in [4.78, 5) is 22.7. The first-order valence-corrected chi connectivity index (χ1v) is 10.9. The summed E-state index contributed by atoms with van der Waals surface area (Å²) in [6.45, 7) is 3.91. The van der Waals surface area contributed by atoms with Gasteiger partial charge in [-0.2, -0.15) is 0 Å². The summed E-state index contributed by atoms with van der Waals surface area (Å²) in [7, 11) is -2.76. The van der Waals surface area contributed by atoms with Gasteiger partial charge in [0.2, 0.25) is 0 Å². The number of rotatable bonds is 7. The van der Waals surface area contributed by atoms with Crippen molar-refractivity contribution in [2.75, 3.05) is 17.1 Å². The molecule has 0 bridgehead atoms. The van der Waals surface area contributed by atoms with E-state index in [2.05, 4.69) is 10.0 Å². The smallest absolute Gasteiger partial charge is 0.271 e. The van der Waals surface area contributed by atoms with Crippen LogP contribution in [0, 0.1) is 24.0 Å². The van der Waals surface area contributed by atoms with Crippen molar-refractivity contribution in [3.8, 4) is 5.75 Å². The predicted octanol–water partition coefficient (Wildman–Crippen LogP) is 4.27. The molecule has 2 N–H and O–H groups in total. The van der Waals surface area contributed by atoms with Gasteiger partial charge in [-0.25, -0.2) is 8.42 Å². The second-order valence-electron chi connectivity index (χ2n) is 7.02. The van der Waals surface area contributed by atoms with Crippen molar-refractivity contribution in [2.45, 2.75) is 18.7 Å². The minimum atomic E-state index is -4.08. The van der Waals surface area contributed by atoms with Gasteiger partial charge in [0.05, 0.1) is 22.6 Å². The van der Waals surface area contributed by atoms with Crippen molar-refractivity contribution in [3.05, 3.63) is 87.5 Å². The SMILES string of the molecule is COc1ccc([N+](=O)[O-])cc1NS(=O)(=O)c1ccc(C(=O)Nc2ccc(C)c(C)c2)cc1. The summed E-state index contributed by atoms with van der Waals surface area (Å²) in [5, 5.41) is 13.8. The molecule has 0 aliphatic carbocycles. The molecule has 0 fully saturated rings. The lowest BCUT2D eigenvalue weighted by Gasteiger charge is -2.12. The molecule has 0 heterocycles. The number of sulfonamides is 1. The van der Waals surface area contributed by atoms with Crippen molar-refractivity contribution in [2.24, 2.45) is 0 Å². The van der Waals surface area contributed by atoms with E-state index >= 15 is 0 Å². The highest BCUT2D eigenvalue weighted by molar-refractivity contribution is 7.92. The van der Waals surface area contributed by atoms with E-state index in [0.29, 0.717) is 5.69 Å². The van der Waals surface area contributed by atoms with Gasteiger partial charge < -0.3 is 10.1 Å². The molecule has 0 aliphatic rings. The molecular formula is C22H21N3O6S. The van der Waals surface area contributed by atoms with E-state index in [1.807, 2.05) is 26.0 Å². The largest absolute Gasteiger partial charge is 0.495 e. The lowest BCUT2D eigenvalue weighted by molar-refractivity contribution is -0.384. The Bertz CT molecular complexity index is 1290. The first kappa shape index (κ1) is 22.8. The molecule has 0 spiro atoms. The highest BCUT2D eigenvalue weighted by Gasteiger charge is 2.20. The van der Waals surface area contributed by atoms with Gasteiger partial charge in [0, 0.05) is 23.4 Å². The van der Waals surface area contributed by atoms with Crippen molar-refractivity contribution in [1.82, 2.24) is 0 Å². The third-order valence-electron chi connectivity index (χ3n) is 4.83. The average molecular weight is 455 g/mol. The van der Waals surface area contributed by atoms with Crippen molar-refractivity contribution < 1.29 is 22.9 Å². The normalized spacial score (nSPS) is 11.0. The number of non-ortho nitro benzene ring substituents is 1. The van der Waals surface area contributed by atoms with Crippen LogP contribution in [0.5, 0.6) is 5.75 Å². The standard InChI is InChI=1S/C22H21N3O6S/c1-14-4-7-17(12-15(14)2)23-22(26)16-5-9-19(10-6-16)32(29,30)24-20-13-18(25(27)28)8-11-21(20)31-3/h4-13,24H,1-3H3,(H,23,26). The number of nitro benzene ring substituents is 1. The van der Waals surface area contributed by atoms with E-state index in [-0.39, 0.29) is 33.5 Å². The molecule has 0 aliphatic heterocycles. The average Bonchev–Trinajstić information content (AvgIpc) is 2.76. The molecule has 3 rings (SSSR count). The van der Waals surface area contributed by atoms with E-state index < -0.39 is 14.9 Å². The molecule has 0 atom stereocenters. The zero-order chi connectivity index (χ0) is 23.5. The van der Waals surface area contributed by atoms with Gasteiger partial charge in [-0.05, 0) is 67.4 Å². The van der Waals surface area contributed by atoms with Crippen LogP contribution in [0.2, 0.25) is 0 Å². The summed E-state index contributed by atoms with van der Waals surface area (Å²) in [6, 6.07) is 14.4. The highest BCUT2D eigenvalue weighted by atomic mass is 32.2. The van der Waals surface area contributed by atoms with Gasteiger partial charge in [-0.3, -0.25) is 19.6 Å². The Hall–Kier alpha value is -3.92. The van der Waals surface area contributed by atoms with E-state index in [4.69, 9.17) is 4.74 Å². The fraction of sp³-hybridized carbons (Fsp3) is 0.136. The van der Waals surface area contributed by atoms with Gasteiger partial charge >= 0.3 is 0 Å². The zero-order valence-corrected chi connectivity index (χ0v) is 18.4. The van der Waals surface area contributed by atoms with Crippen LogP contribution >= 0.6 is 0 Å². The quantitative estimate of drug-likeness (QED) is 0.404. The Morgan fingerprint density at radius 2 is 1.66 bits per heavy atom. The number of carbonyl (C=O) groups excluding carboxylic acids is 1. The third kappa shape index (κ3) is 5.03. The Morgan fingerprint density at radius 3 is 2.25 bits per heavy atom. The number of carbonyl (C=O) groups is 1.